The molecule has 0 heterocycles. The van der Waals surface area contributed by atoms with Crippen LogP contribution >= 0.6 is 0 Å². The molecule has 15 heavy (non-hydrogen) atoms. The SMILES string of the molecule is CC(NC(=O)OCC[Si](C)(C)C)C(=O)O. The van der Waals surface area contributed by atoms with Crippen molar-refractivity contribution in [2.45, 2.75) is 38.7 Å². The van der Waals surface area contributed by atoms with Gasteiger partial charge in [-0.25, -0.2) is 4.79 Å². The Morgan fingerprint density at radius 2 is 1.93 bits per heavy atom. The first kappa shape index (κ1) is 14.0. The van der Waals surface area contributed by atoms with E-state index in [4.69, 9.17) is 9.84 Å². The fourth-order valence-electron chi connectivity index (χ4n) is 0.730. The molecule has 0 rings (SSSR count). The summed E-state index contributed by atoms with van der Waals surface area (Å²) in [4.78, 5) is 21.5. The average Bonchev–Trinajstić information content (AvgIpc) is 2.01. The quantitative estimate of drug-likeness (QED) is 0.706. The molecule has 0 spiro atoms. The molecule has 88 valence electrons. The Labute approximate surface area is 90.8 Å². The summed E-state index contributed by atoms with van der Waals surface area (Å²) >= 11 is 0. The molecular formula is C9H19NO4Si. The van der Waals surface area contributed by atoms with Gasteiger partial charge in [0.2, 0.25) is 0 Å². The lowest BCUT2D eigenvalue weighted by atomic mass is 10.4. The minimum absolute atomic E-state index is 0.355. The van der Waals surface area contributed by atoms with Gasteiger partial charge in [-0.15, -0.1) is 0 Å². The minimum atomic E-state index is -1.21. The summed E-state index contributed by atoms with van der Waals surface area (Å²) in [5.74, 6) is -1.07. The van der Waals surface area contributed by atoms with E-state index in [0.29, 0.717) is 6.61 Å². The van der Waals surface area contributed by atoms with Gasteiger partial charge in [0.25, 0.3) is 0 Å². The Balaban J connectivity index is 3.72. The number of carbonyl (C=O) groups excluding carboxylic acids is 1. The van der Waals surface area contributed by atoms with Gasteiger partial charge in [-0.3, -0.25) is 4.79 Å². The number of aliphatic carboxylic acids is 1. The summed E-state index contributed by atoms with van der Waals surface area (Å²) in [6.07, 6.45) is -0.664. The number of hydrogen-bond acceptors (Lipinski definition) is 3. The van der Waals surface area contributed by atoms with Crippen LogP contribution in [-0.4, -0.2) is 37.9 Å². The molecule has 1 amide bonds. The molecule has 1 unspecified atom stereocenters. The normalized spacial score (nSPS) is 13.1. The van der Waals surface area contributed by atoms with Crippen molar-refractivity contribution in [2.75, 3.05) is 6.61 Å². The van der Waals surface area contributed by atoms with Crippen LogP contribution in [0.4, 0.5) is 4.79 Å². The van der Waals surface area contributed by atoms with Crippen molar-refractivity contribution in [1.29, 1.82) is 0 Å². The van der Waals surface area contributed by atoms with Gasteiger partial charge in [-0.1, -0.05) is 19.6 Å². The molecule has 0 aliphatic rings. The third kappa shape index (κ3) is 7.99. The van der Waals surface area contributed by atoms with Crippen LogP contribution in [0.3, 0.4) is 0 Å². The van der Waals surface area contributed by atoms with Gasteiger partial charge in [-0.2, -0.15) is 0 Å². The Morgan fingerprint density at radius 1 is 1.40 bits per heavy atom. The van der Waals surface area contributed by atoms with Gasteiger partial charge in [-0.05, 0) is 13.0 Å². The van der Waals surface area contributed by atoms with Crippen LogP contribution < -0.4 is 5.32 Å². The monoisotopic (exact) mass is 233 g/mol. The van der Waals surface area contributed by atoms with Gasteiger partial charge in [0.05, 0.1) is 6.61 Å². The average molecular weight is 233 g/mol. The molecule has 2 N–H and O–H groups in total. The van der Waals surface area contributed by atoms with E-state index in [1.807, 2.05) is 0 Å². The summed E-state index contributed by atoms with van der Waals surface area (Å²) < 4.78 is 4.86. The fourth-order valence-corrected chi connectivity index (χ4v) is 1.44. The van der Waals surface area contributed by atoms with Crippen molar-refractivity contribution in [1.82, 2.24) is 5.32 Å². The van der Waals surface area contributed by atoms with Crippen LogP contribution in [0, 0.1) is 0 Å². The molecular weight excluding hydrogens is 214 g/mol. The number of carbonyl (C=O) groups is 2. The van der Waals surface area contributed by atoms with E-state index in [0.717, 1.165) is 6.04 Å². The molecule has 0 bridgehead atoms. The molecule has 5 nitrogen and oxygen atoms in total. The first-order chi connectivity index (χ1) is 6.72. The third-order valence-electron chi connectivity index (χ3n) is 1.79. The molecule has 0 saturated carbocycles. The second kappa shape index (κ2) is 5.74. The molecule has 0 aliphatic carbocycles. The predicted octanol–water partition coefficient (Wildman–Crippen LogP) is 1.52. The van der Waals surface area contributed by atoms with Crippen molar-refractivity contribution in [2.24, 2.45) is 0 Å². The van der Waals surface area contributed by atoms with Crippen LogP contribution in [0.5, 0.6) is 0 Å². The molecule has 0 saturated heterocycles. The van der Waals surface area contributed by atoms with Crippen molar-refractivity contribution < 1.29 is 19.4 Å². The highest BCUT2D eigenvalue weighted by molar-refractivity contribution is 6.76. The number of amides is 1. The highest BCUT2D eigenvalue weighted by Gasteiger charge is 2.16. The lowest BCUT2D eigenvalue weighted by molar-refractivity contribution is -0.138. The van der Waals surface area contributed by atoms with Crippen LogP contribution in [0.15, 0.2) is 0 Å². The van der Waals surface area contributed by atoms with Crippen molar-refractivity contribution >= 4 is 20.1 Å². The Bertz CT molecular complexity index is 237. The van der Waals surface area contributed by atoms with Crippen LogP contribution in [0.2, 0.25) is 25.7 Å². The van der Waals surface area contributed by atoms with Crippen molar-refractivity contribution in [3.63, 3.8) is 0 Å². The molecule has 0 aromatic heterocycles. The fraction of sp³-hybridized carbons (Fsp3) is 0.778. The standard InChI is InChI=1S/C9H19NO4Si/c1-7(8(11)12)10-9(13)14-5-6-15(2,3)4/h7H,5-6H2,1-4H3,(H,10,13)(H,11,12). The smallest absolute Gasteiger partial charge is 0.407 e. The highest BCUT2D eigenvalue weighted by Crippen LogP contribution is 2.07. The maximum Gasteiger partial charge on any atom is 0.407 e. The van der Waals surface area contributed by atoms with E-state index in [1.54, 1.807) is 0 Å². The first-order valence-electron chi connectivity index (χ1n) is 4.88. The van der Waals surface area contributed by atoms with E-state index in [2.05, 4.69) is 25.0 Å². The molecule has 1 atom stereocenters. The Morgan fingerprint density at radius 3 is 2.33 bits per heavy atom. The van der Waals surface area contributed by atoms with Crippen molar-refractivity contribution in [3.05, 3.63) is 0 Å². The highest BCUT2D eigenvalue weighted by atomic mass is 28.3. The van der Waals surface area contributed by atoms with Gasteiger partial charge < -0.3 is 15.2 Å². The molecule has 6 heteroatoms. The molecule has 0 aromatic rings. The Hall–Kier alpha value is -1.04. The van der Waals surface area contributed by atoms with Crippen molar-refractivity contribution in [3.8, 4) is 0 Å². The zero-order chi connectivity index (χ0) is 12.1. The summed E-state index contributed by atoms with van der Waals surface area (Å²) in [5, 5.41) is 10.7. The maximum atomic E-state index is 11.1. The van der Waals surface area contributed by atoms with Gasteiger partial charge >= 0.3 is 12.1 Å². The molecule has 0 radical (unpaired) electrons. The number of alkyl carbamates (subject to hydrolysis) is 1. The largest absolute Gasteiger partial charge is 0.480 e. The number of nitrogens with one attached hydrogen (secondary N) is 1. The third-order valence-corrected chi connectivity index (χ3v) is 3.49. The summed E-state index contributed by atoms with van der Waals surface area (Å²) in [5.41, 5.74) is 0. The van der Waals surface area contributed by atoms with Gasteiger partial charge in [0.1, 0.15) is 6.04 Å². The maximum absolute atomic E-state index is 11.1. The van der Waals surface area contributed by atoms with E-state index in [1.165, 1.54) is 6.92 Å². The molecule has 0 aromatic carbocycles. The second-order valence-electron chi connectivity index (χ2n) is 4.65. The molecule has 0 fully saturated rings. The number of carboxylic acids is 1. The van der Waals surface area contributed by atoms with Gasteiger partial charge in [0.15, 0.2) is 0 Å². The number of carboxylic acid groups (broad SMARTS) is 1. The minimum Gasteiger partial charge on any atom is -0.480 e. The number of hydrogen-bond donors (Lipinski definition) is 2. The topological polar surface area (TPSA) is 75.6 Å². The van der Waals surface area contributed by atoms with Crippen LogP contribution in [0.25, 0.3) is 0 Å². The molecule has 0 aliphatic heterocycles. The second-order valence-corrected chi connectivity index (χ2v) is 10.3. The first-order valence-corrected chi connectivity index (χ1v) is 8.59. The van der Waals surface area contributed by atoms with Crippen LogP contribution in [0.1, 0.15) is 6.92 Å². The lowest BCUT2D eigenvalue weighted by Crippen LogP contribution is -2.39. The van der Waals surface area contributed by atoms with Gasteiger partial charge in [0, 0.05) is 8.07 Å². The Kier molecular flexibility index (Phi) is 5.35. The van der Waals surface area contributed by atoms with E-state index < -0.39 is 26.2 Å². The summed E-state index contributed by atoms with van der Waals surface area (Å²) in [7, 11) is -1.21. The number of rotatable bonds is 5. The van der Waals surface area contributed by atoms with E-state index >= 15 is 0 Å². The predicted molar refractivity (Wildman–Crippen MR) is 59.7 cm³/mol. The lowest BCUT2D eigenvalue weighted by Gasteiger charge is -2.16. The number of ether oxygens (including phenoxy) is 1. The summed E-state index contributed by atoms with van der Waals surface area (Å²) in [6.45, 7) is 8.27. The zero-order valence-corrected chi connectivity index (χ0v) is 10.7. The van der Waals surface area contributed by atoms with E-state index in [9.17, 15) is 9.59 Å². The van der Waals surface area contributed by atoms with E-state index in [-0.39, 0.29) is 0 Å². The zero-order valence-electron chi connectivity index (χ0n) is 9.66. The summed E-state index contributed by atoms with van der Waals surface area (Å²) in [6, 6.07) is -0.0358. The van der Waals surface area contributed by atoms with Crippen LogP contribution in [-0.2, 0) is 9.53 Å².